The molecule has 0 amide bonds. The number of allylic oxidation sites excluding steroid dienone is 2. The van der Waals surface area contributed by atoms with E-state index in [2.05, 4.69) is 19.0 Å². The summed E-state index contributed by atoms with van der Waals surface area (Å²) in [6.07, 6.45) is 0.988. The Balaban J connectivity index is 1.74. The number of nitrogens with zero attached hydrogens (tertiary/aromatic N) is 2. The van der Waals surface area contributed by atoms with Gasteiger partial charge >= 0.3 is 11.9 Å². The maximum atomic E-state index is 13.5. The third-order valence-corrected chi connectivity index (χ3v) is 13.1. The van der Waals surface area contributed by atoms with Gasteiger partial charge in [-0.1, -0.05) is 38.2 Å². The third kappa shape index (κ3) is 14.3. The van der Waals surface area contributed by atoms with Crippen LogP contribution in [0.5, 0.6) is 0 Å². The number of cyclic esters (lactones) is 1. The van der Waals surface area contributed by atoms with Crippen molar-refractivity contribution in [1.82, 2.24) is 9.80 Å². The number of aliphatic hydroxyl groups is 3. The second-order valence-corrected chi connectivity index (χ2v) is 19.0. The van der Waals surface area contributed by atoms with E-state index >= 15 is 0 Å². The molecule has 3 N–H and O–H groups in total. The summed E-state index contributed by atoms with van der Waals surface area (Å²) in [6, 6.07) is -0.364. The Morgan fingerprint density at radius 2 is 1.58 bits per heavy atom. The fraction of sp³-hybridized carbons (Fsp3) is 0.848. The van der Waals surface area contributed by atoms with Gasteiger partial charge in [0.15, 0.2) is 12.6 Å². The number of aliphatic hydroxyl groups excluding tert-OH is 2. The van der Waals surface area contributed by atoms with Gasteiger partial charge in [0.2, 0.25) is 0 Å². The Kier molecular flexibility index (Phi) is 20.0. The summed E-state index contributed by atoms with van der Waals surface area (Å²) in [6.45, 7) is 12.3. The number of rotatable bonds is 12. The molecule has 2 saturated heterocycles. The van der Waals surface area contributed by atoms with E-state index in [1.807, 2.05) is 64.1 Å². The number of ether oxygens (including phenoxy) is 8. The summed E-state index contributed by atoms with van der Waals surface area (Å²) in [7, 11) is 9.20. The lowest BCUT2D eigenvalue weighted by molar-refractivity contribution is -0.302. The van der Waals surface area contributed by atoms with Crippen LogP contribution < -0.4 is 0 Å². The molecule has 3 aliphatic heterocycles. The van der Waals surface area contributed by atoms with Crippen LogP contribution in [-0.4, -0.2) is 176 Å². The lowest BCUT2D eigenvalue weighted by Gasteiger charge is -2.50. The van der Waals surface area contributed by atoms with Gasteiger partial charge in [-0.15, -0.1) is 0 Å². The second-order valence-electron chi connectivity index (χ2n) is 19.0. The zero-order valence-corrected chi connectivity index (χ0v) is 39.2. The van der Waals surface area contributed by atoms with Gasteiger partial charge < -0.3 is 67.8 Å². The van der Waals surface area contributed by atoms with E-state index in [0.29, 0.717) is 25.7 Å². The largest absolute Gasteiger partial charge is 0.462 e. The number of aldehydes is 1. The van der Waals surface area contributed by atoms with Crippen molar-refractivity contribution in [3.8, 4) is 0 Å². The smallest absolute Gasteiger partial charge is 0.309 e. The number of likely N-dealkylation sites (N-methyl/N-ethyl adjacent to an activating group) is 1. The van der Waals surface area contributed by atoms with Gasteiger partial charge in [0, 0.05) is 45.8 Å². The molecule has 16 heteroatoms. The van der Waals surface area contributed by atoms with Gasteiger partial charge in [0.25, 0.3) is 0 Å². The fourth-order valence-electron chi connectivity index (χ4n) is 9.75. The van der Waals surface area contributed by atoms with Gasteiger partial charge in [0.1, 0.15) is 30.7 Å². The van der Waals surface area contributed by atoms with Crippen LogP contribution in [0.4, 0.5) is 0 Å². The van der Waals surface area contributed by atoms with Crippen molar-refractivity contribution < 1.29 is 67.6 Å². The normalized spacial score (nSPS) is 44.0. The maximum absolute atomic E-state index is 13.5. The molecule has 356 valence electrons. The van der Waals surface area contributed by atoms with Crippen LogP contribution in [0, 0.1) is 17.8 Å². The number of esters is 2. The summed E-state index contributed by atoms with van der Waals surface area (Å²) in [5.41, 5.74) is -1.45. The van der Waals surface area contributed by atoms with Crippen LogP contribution >= 0.6 is 0 Å². The van der Waals surface area contributed by atoms with E-state index in [0.717, 1.165) is 12.7 Å². The highest BCUT2D eigenvalue weighted by molar-refractivity contribution is 5.72. The van der Waals surface area contributed by atoms with Gasteiger partial charge in [-0.3, -0.25) is 9.59 Å². The highest BCUT2D eigenvalue weighted by Crippen LogP contribution is 2.39. The second kappa shape index (κ2) is 23.7. The Hall–Kier alpha value is -2.35. The molecule has 0 bridgehead atoms. The average molecular weight is 883 g/mol. The van der Waals surface area contributed by atoms with Crippen molar-refractivity contribution in [2.24, 2.45) is 17.8 Å². The predicted molar refractivity (Wildman–Crippen MR) is 230 cm³/mol. The van der Waals surface area contributed by atoms with Crippen molar-refractivity contribution in [2.75, 3.05) is 35.3 Å². The molecule has 4 aliphatic rings. The van der Waals surface area contributed by atoms with Crippen LogP contribution in [0.2, 0.25) is 0 Å². The van der Waals surface area contributed by atoms with Crippen LogP contribution in [0.1, 0.15) is 99.8 Å². The summed E-state index contributed by atoms with van der Waals surface area (Å²) in [4.78, 5) is 42.9. The van der Waals surface area contributed by atoms with E-state index in [1.165, 1.54) is 14.0 Å². The topological polar surface area (TPSA) is 192 Å². The highest BCUT2D eigenvalue weighted by atomic mass is 16.7. The molecule has 16 nitrogen and oxygen atoms in total. The number of hydrogen-bond donors (Lipinski definition) is 3. The molecule has 0 aromatic heterocycles. The van der Waals surface area contributed by atoms with Crippen molar-refractivity contribution in [3.63, 3.8) is 0 Å². The zero-order chi connectivity index (χ0) is 46.1. The molecule has 3 heterocycles. The van der Waals surface area contributed by atoms with Crippen molar-refractivity contribution in [1.29, 1.82) is 0 Å². The quantitative estimate of drug-likeness (QED) is 0.190. The molecule has 4 rings (SSSR count). The summed E-state index contributed by atoms with van der Waals surface area (Å²) in [5, 5.41) is 33.8. The monoisotopic (exact) mass is 883 g/mol. The zero-order valence-electron chi connectivity index (χ0n) is 39.2. The minimum absolute atomic E-state index is 0.0150. The first kappa shape index (κ1) is 52.3. The highest BCUT2D eigenvalue weighted by Gasteiger charge is 2.51. The van der Waals surface area contributed by atoms with Crippen molar-refractivity contribution in [2.45, 2.75) is 197 Å². The Labute approximate surface area is 369 Å². The maximum Gasteiger partial charge on any atom is 0.309 e. The van der Waals surface area contributed by atoms with E-state index in [1.54, 1.807) is 20.8 Å². The Morgan fingerprint density at radius 1 is 0.871 bits per heavy atom. The first-order valence-corrected chi connectivity index (χ1v) is 22.5. The SMILES string of the molecule is CO[C@H]1[C@H](O[C@@H]2C[C@H](C)[C@@H](O[C@@H]3C[C@](C)(O)[C@@H](O)[C@H](C)O3)[C@@H](N(C)C)[C@@H]2O)[C@@H](CC=O)C[C@@H](C)[C@@H](O[C@@H]2C[C@@H](N(C)C)C[C@H](C)O2)/C=C/C=C/C[C@H](C)OC(=O)C[C@@H]1OC(C)=O. The Morgan fingerprint density at radius 3 is 2.19 bits per heavy atom. The molecule has 0 spiro atoms. The number of methoxy groups -OCH3 is 1. The van der Waals surface area contributed by atoms with E-state index < -0.39 is 103 Å². The lowest BCUT2D eigenvalue weighted by Crippen LogP contribution is -2.63. The molecular weight excluding hydrogens is 805 g/mol. The molecule has 0 aromatic carbocycles. The molecule has 1 saturated carbocycles. The van der Waals surface area contributed by atoms with Gasteiger partial charge in [0.05, 0.1) is 60.8 Å². The molecule has 0 unspecified atom stereocenters. The average Bonchev–Trinajstić information content (AvgIpc) is 3.16. The fourth-order valence-corrected chi connectivity index (χ4v) is 9.75. The molecule has 3 fully saturated rings. The first-order chi connectivity index (χ1) is 29.1. The van der Waals surface area contributed by atoms with Gasteiger partial charge in [-0.05, 0) is 92.9 Å². The number of hydrogen-bond acceptors (Lipinski definition) is 16. The predicted octanol–water partition coefficient (Wildman–Crippen LogP) is 3.56. The van der Waals surface area contributed by atoms with Crippen molar-refractivity contribution in [3.05, 3.63) is 24.3 Å². The summed E-state index contributed by atoms with van der Waals surface area (Å²) in [5.74, 6) is -2.27. The Bertz CT molecular complexity index is 1480. The molecule has 19 atom stereocenters. The van der Waals surface area contributed by atoms with E-state index in [9.17, 15) is 29.7 Å². The van der Waals surface area contributed by atoms with Crippen LogP contribution in [0.15, 0.2) is 24.3 Å². The van der Waals surface area contributed by atoms with E-state index in [-0.39, 0.29) is 43.2 Å². The molecule has 0 radical (unpaired) electrons. The van der Waals surface area contributed by atoms with Crippen LogP contribution in [0.25, 0.3) is 0 Å². The lowest BCUT2D eigenvalue weighted by atomic mass is 9.78. The minimum atomic E-state index is -1.45. The van der Waals surface area contributed by atoms with Gasteiger partial charge in [-0.25, -0.2) is 0 Å². The third-order valence-electron chi connectivity index (χ3n) is 13.1. The van der Waals surface area contributed by atoms with Gasteiger partial charge in [-0.2, -0.15) is 0 Å². The minimum Gasteiger partial charge on any atom is -0.462 e. The van der Waals surface area contributed by atoms with Crippen LogP contribution in [0.3, 0.4) is 0 Å². The number of carbonyl (C=O) groups is 3. The molecular formula is C46H78N2O14. The van der Waals surface area contributed by atoms with E-state index in [4.69, 9.17) is 37.9 Å². The molecule has 0 aromatic rings. The molecule has 1 aliphatic carbocycles. The number of carbonyl (C=O) groups excluding carboxylic acids is 3. The first-order valence-electron chi connectivity index (χ1n) is 22.5. The molecule has 62 heavy (non-hydrogen) atoms. The summed E-state index contributed by atoms with van der Waals surface area (Å²) < 4.78 is 50.4. The van der Waals surface area contributed by atoms with Crippen LogP contribution in [-0.2, 0) is 52.3 Å². The standard InChI is InChI=1S/C46H78N2O14/c1-26-20-32(18-19-49)43(61-35-21-27(2)42(40(41(35)52)48(10)11)62-39-25-46(7,54)45(53)30(5)58-39)44(55-12)36(59-31(6)50)24-37(51)56-28(3)16-14-13-15-17-34(26)60-38-23-33(47(8)9)22-29(4)57-38/h13-15,17,19,26-30,32-36,38-45,52-54H,16,18,20-25H2,1-12H3/b14-13+,17-15+/t26-,27+,28+,29+,30+,32+,33+,34+,35-,36+,38-,39-,40+,41-,42-,43-,44-,45+,46+/m1/s1. The summed E-state index contributed by atoms with van der Waals surface area (Å²) >= 11 is 0. The van der Waals surface area contributed by atoms with Crippen molar-refractivity contribution >= 4 is 18.2 Å².